The van der Waals surface area contributed by atoms with Crippen molar-refractivity contribution in [2.75, 3.05) is 0 Å². The Hall–Kier alpha value is -2.89. The maximum atomic E-state index is 13.8. The van der Waals surface area contributed by atoms with E-state index < -0.39 is 11.6 Å². The van der Waals surface area contributed by atoms with E-state index >= 15 is 0 Å². The molecular formula is C15H8F2N2O2. The van der Waals surface area contributed by atoms with Gasteiger partial charge in [0.15, 0.2) is 11.6 Å². The zero-order valence-electron chi connectivity index (χ0n) is 10.6. The van der Waals surface area contributed by atoms with Crippen molar-refractivity contribution < 1.29 is 18.3 Å². The van der Waals surface area contributed by atoms with Gasteiger partial charge in [0, 0.05) is 5.56 Å². The number of hydrogen-bond donors (Lipinski definition) is 0. The molecule has 3 aromatic rings. The van der Waals surface area contributed by atoms with Crippen molar-refractivity contribution in [1.29, 1.82) is 0 Å². The average Bonchev–Trinajstić information content (AvgIpc) is 2.49. The van der Waals surface area contributed by atoms with Gasteiger partial charge in [-0.05, 0) is 36.4 Å². The number of ether oxygens (including phenoxy) is 1. The maximum Gasteiger partial charge on any atom is 0.230 e. The van der Waals surface area contributed by atoms with E-state index in [2.05, 4.69) is 9.97 Å². The first-order valence-corrected chi connectivity index (χ1v) is 6.00. The molecule has 1 heterocycles. The molecule has 0 aliphatic carbocycles. The number of nitrogens with zero attached hydrogens (tertiary/aromatic N) is 2. The highest BCUT2D eigenvalue weighted by atomic mass is 19.1. The normalized spacial score (nSPS) is 10.6. The number of carbonyl (C=O) groups is 1. The third kappa shape index (κ3) is 2.55. The number of carbonyl (C=O) groups excluding carboxylic acids is 1. The van der Waals surface area contributed by atoms with Crippen LogP contribution >= 0.6 is 0 Å². The molecule has 4 nitrogen and oxygen atoms in total. The van der Waals surface area contributed by atoms with E-state index in [1.165, 1.54) is 36.7 Å². The summed E-state index contributed by atoms with van der Waals surface area (Å²) < 4.78 is 32.5. The first-order chi connectivity index (χ1) is 10.2. The SMILES string of the molecule is O=Cc1ccc(Oc2ncnc3ccc(F)cc23)c(F)c1. The van der Waals surface area contributed by atoms with Gasteiger partial charge in [-0.2, -0.15) is 0 Å². The molecule has 0 fully saturated rings. The second kappa shape index (κ2) is 5.24. The van der Waals surface area contributed by atoms with Crippen LogP contribution < -0.4 is 4.74 Å². The largest absolute Gasteiger partial charge is 0.435 e. The lowest BCUT2D eigenvalue weighted by molar-refractivity contribution is 0.112. The molecule has 0 spiro atoms. The van der Waals surface area contributed by atoms with Crippen LogP contribution in [0.2, 0.25) is 0 Å². The van der Waals surface area contributed by atoms with E-state index in [4.69, 9.17) is 4.74 Å². The van der Waals surface area contributed by atoms with Crippen LogP contribution in [0.1, 0.15) is 10.4 Å². The van der Waals surface area contributed by atoms with E-state index in [0.717, 1.165) is 6.07 Å². The number of benzene rings is 2. The van der Waals surface area contributed by atoms with Gasteiger partial charge in [-0.1, -0.05) is 0 Å². The third-order valence-corrected chi connectivity index (χ3v) is 2.86. The highest BCUT2D eigenvalue weighted by Gasteiger charge is 2.11. The van der Waals surface area contributed by atoms with Crippen LogP contribution in [-0.4, -0.2) is 16.3 Å². The van der Waals surface area contributed by atoms with Crippen molar-refractivity contribution in [1.82, 2.24) is 9.97 Å². The van der Waals surface area contributed by atoms with Crippen LogP contribution in [-0.2, 0) is 0 Å². The van der Waals surface area contributed by atoms with Gasteiger partial charge in [-0.3, -0.25) is 4.79 Å². The predicted molar refractivity (Wildman–Crippen MR) is 71.4 cm³/mol. The summed E-state index contributed by atoms with van der Waals surface area (Å²) in [6.07, 6.45) is 1.77. The minimum absolute atomic E-state index is 0.0391. The van der Waals surface area contributed by atoms with Gasteiger partial charge >= 0.3 is 0 Å². The molecule has 6 heteroatoms. The van der Waals surface area contributed by atoms with E-state index in [0.29, 0.717) is 17.2 Å². The summed E-state index contributed by atoms with van der Waals surface area (Å²) in [4.78, 5) is 18.4. The monoisotopic (exact) mass is 286 g/mol. The number of halogens is 2. The summed E-state index contributed by atoms with van der Waals surface area (Å²) in [6.45, 7) is 0. The number of aldehydes is 1. The Bertz CT molecular complexity index is 837. The third-order valence-electron chi connectivity index (χ3n) is 2.86. The van der Waals surface area contributed by atoms with Crippen molar-refractivity contribution in [2.24, 2.45) is 0 Å². The van der Waals surface area contributed by atoms with Gasteiger partial charge in [0.2, 0.25) is 5.88 Å². The molecule has 2 aromatic carbocycles. The number of rotatable bonds is 3. The molecule has 0 bridgehead atoms. The van der Waals surface area contributed by atoms with Crippen molar-refractivity contribution in [3.63, 3.8) is 0 Å². The fourth-order valence-electron chi connectivity index (χ4n) is 1.86. The van der Waals surface area contributed by atoms with Crippen molar-refractivity contribution in [3.8, 4) is 11.6 Å². The molecule has 0 atom stereocenters. The summed E-state index contributed by atoms with van der Waals surface area (Å²) in [5.74, 6) is -1.25. The molecule has 0 saturated carbocycles. The second-order valence-electron chi connectivity index (χ2n) is 4.25. The molecule has 0 unspecified atom stereocenters. The molecule has 3 rings (SSSR count). The Labute approximate surface area is 118 Å². The van der Waals surface area contributed by atoms with Crippen LogP contribution in [0.4, 0.5) is 8.78 Å². The molecular weight excluding hydrogens is 278 g/mol. The molecule has 104 valence electrons. The number of hydrogen-bond acceptors (Lipinski definition) is 4. The number of aromatic nitrogens is 2. The standard InChI is InChI=1S/C15H8F2N2O2/c16-10-2-3-13-11(6-10)15(19-8-18-13)21-14-4-1-9(7-20)5-12(14)17/h1-8H. The smallest absolute Gasteiger partial charge is 0.230 e. The topological polar surface area (TPSA) is 52.1 Å². The Kier molecular flexibility index (Phi) is 3.27. The summed E-state index contributed by atoms with van der Waals surface area (Å²) in [5, 5.41) is 0.330. The van der Waals surface area contributed by atoms with Crippen molar-refractivity contribution in [2.45, 2.75) is 0 Å². The Morgan fingerprint density at radius 2 is 1.90 bits per heavy atom. The highest BCUT2D eigenvalue weighted by Crippen LogP contribution is 2.28. The van der Waals surface area contributed by atoms with Crippen LogP contribution in [0.25, 0.3) is 10.9 Å². The summed E-state index contributed by atoms with van der Waals surface area (Å²) in [7, 11) is 0. The van der Waals surface area contributed by atoms with Gasteiger partial charge in [0.1, 0.15) is 18.4 Å². The van der Waals surface area contributed by atoms with Gasteiger partial charge < -0.3 is 4.74 Å². The average molecular weight is 286 g/mol. The fourth-order valence-corrected chi connectivity index (χ4v) is 1.86. The first-order valence-electron chi connectivity index (χ1n) is 6.00. The van der Waals surface area contributed by atoms with Gasteiger partial charge in [0.05, 0.1) is 10.9 Å². The van der Waals surface area contributed by atoms with E-state index in [9.17, 15) is 13.6 Å². The molecule has 0 radical (unpaired) electrons. The summed E-state index contributed by atoms with van der Waals surface area (Å²) in [6, 6.07) is 7.72. The lowest BCUT2D eigenvalue weighted by Crippen LogP contribution is -1.95. The molecule has 0 saturated heterocycles. The Balaban J connectivity index is 2.05. The lowest BCUT2D eigenvalue weighted by atomic mass is 10.2. The maximum absolute atomic E-state index is 13.8. The fraction of sp³-hybridized carbons (Fsp3) is 0. The lowest BCUT2D eigenvalue weighted by Gasteiger charge is -2.08. The van der Waals surface area contributed by atoms with E-state index in [1.807, 2.05) is 0 Å². The second-order valence-corrected chi connectivity index (χ2v) is 4.25. The molecule has 0 aliphatic heterocycles. The zero-order chi connectivity index (χ0) is 14.8. The van der Waals surface area contributed by atoms with E-state index in [-0.39, 0.29) is 17.2 Å². The molecule has 0 N–H and O–H groups in total. The quantitative estimate of drug-likeness (QED) is 0.691. The summed E-state index contributed by atoms with van der Waals surface area (Å²) >= 11 is 0. The van der Waals surface area contributed by atoms with Gasteiger partial charge in [-0.15, -0.1) is 0 Å². The van der Waals surface area contributed by atoms with E-state index in [1.54, 1.807) is 0 Å². The minimum atomic E-state index is -0.706. The van der Waals surface area contributed by atoms with Crippen LogP contribution in [0, 0.1) is 11.6 Å². The van der Waals surface area contributed by atoms with Gasteiger partial charge in [-0.25, -0.2) is 18.7 Å². The molecule has 1 aromatic heterocycles. The van der Waals surface area contributed by atoms with Crippen LogP contribution in [0.15, 0.2) is 42.7 Å². The minimum Gasteiger partial charge on any atom is -0.435 e. The van der Waals surface area contributed by atoms with Crippen molar-refractivity contribution in [3.05, 3.63) is 59.9 Å². The van der Waals surface area contributed by atoms with Crippen LogP contribution in [0.3, 0.4) is 0 Å². The highest BCUT2D eigenvalue weighted by molar-refractivity contribution is 5.83. The van der Waals surface area contributed by atoms with Crippen molar-refractivity contribution >= 4 is 17.2 Å². The predicted octanol–water partition coefficient (Wildman–Crippen LogP) is 3.51. The number of fused-ring (bicyclic) bond motifs is 1. The Morgan fingerprint density at radius 1 is 1.05 bits per heavy atom. The first kappa shape index (κ1) is 13.1. The molecule has 0 amide bonds. The van der Waals surface area contributed by atoms with Gasteiger partial charge in [0.25, 0.3) is 0 Å². The molecule has 21 heavy (non-hydrogen) atoms. The van der Waals surface area contributed by atoms with Crippen LogP contribution in [0.5, 0.6) is 11.6 Å². The Morgan fingerprint density at radius 3 is 2.67 bits per heavy atom. The summed E-state index contributed by atoms with van der Waals surface area (Å²) in [5.41, 5.74) is 0.671. The zero-order valence-corrected chi connectivity index (χ0v) is 10.6. The molecule has 0 aliphatic rings.